The summed E-state index contributed by atoms with van der Waals surface area (Å²) in [4.78, 5) is 9.36. The van der Waals surface area contributed by atoms with Crippen molar-refractivity contribution in [1.82, 2.24) is 4.97 Å². The second-order valence-electron chi connectivity index (χ2n) is 0.0816. The molecule has 0 heterocycles. The third kappa shape index (κ3) is 9.90. The SMILES string of the molecule is CO.[N-]=[N+]=O. The van der Waals surface area contributed by atoms with E-state index in [1.807, 2.05) is 0 Å². The van der Waals surface area contributed by atoms with E-state index in [1.165, 1.54) is 4.97 Å². The zero-order valence-electron chi connectivity index (χ0n) is 2.75. The molecule has 0 unspecified atom stereocenters. The van der Waals surface area contributed by atoms with Crippen molar-refractivity contribution >= 4 is 0 Å². The first-order valence-electron chi connectivity index (χ1n) is 0.830. The van der Waals surface area contributed by atoms with Crippen molar-refractivity contribution in [2.24, 2.45) is 0 Å². The van der Waals surface area contributed by atoms with E-state index < -0.39 is 0 Å². The van der Waals surface area contributed by atoms with Crippen molar-refractivity contribution in [3.63, 3.8) is 0 Å². The molecule has 0 aromatic rings. The number of nitroso groups, excluding NO2 is 1. The predicted molar refractivity (Wildman–Crippen MR) is 17.0 cm³/mol. The van der Waals surface area contributed by atoms with Crippen molar-refractivity contribution in [3.05, 3.63) is 10.4 Å². The molecule has 0 aromatic carbocycles. The van der Waals surface area contributed by atoms with Crippen molar-refractivity contribution in [2.75, 3.05) is 7.11 Å². The minimum atomic E-state index is 1.00. The Morgan fingerprint density at radius 1 is 1.80 bits per heavy atom. The van der Waals surface area contributed by atoms with Gasteiger partial charge in [-0.15, -0.1) is 0 Å². The van der Waals surface area contributed by atoms with Crippen LogP contribution < -0.4 is 4.97 Å². The minimum absolute atomic E-state index is 1.00. The van der Waals surface area contributed by atoms with Crippen LogP contribution in [0.2, 0.25) is 0 Å². The summed E-state index contributed by atoms with van der Waals surface area (Å²) in [7, 11) is 1.00. The summed E-state index contributed by atoms with van der Waals surface area (Å²) in [5.41, 5.74) is 6.64. The second kappa shape index (κ2) is 231. The molecule has 0 bridgehead atoms. The molecule has 0 amide bonds. The molecule has 0 aliphatic heterocycles. The third-order valence-corrected chi connectivity index (χ3v) is 0. The molecule has 0 aliphatic carbocycles. The van der Waals surface area contributed by atoms with Crippen LogP contribution in [0.4, 0.5) is 0 Å². The van der Waals surface area contributed by atoms with E-state index in [4.69, 9.17) is 15.5 Å². The normalized spacial score (nSPS) is 2.80. The molecular weight excluding hydrogens is 72.0 g/mol. The fourth-order valence-corrected chi connectivity index (χ4v) is 0. The summed E-state index contributed by atoms with van der Waals surface area (Å²) in [5, 5.41) is 7.00. The molecular formula is CH4N2O2. The smallest absolute Gasteiger partial charge is 0.151 e. The standard InChI is InChI=1S/CH4O.N2O/c1-2;1-2-3/h2H,1H3;. The topological polar surface area (TPSA) is 73.7 Å². The molecule has 0 aliphatic rings. The van der Waals surface area contributed by atoms with Gasteiger partial charge in [-0.2, -0.15) is 0 Å². The van der Waals surface area contributed by atoms with E-state index in [1.54, 1.807) is 0 Å². The quantitative estimate of drug-likeness (QED) is 0.310. The summed E-state index contributed by atoms with van der Waals surface area (Å²) >= 11 is 0. The molecule has 5 heavy (non-hydrogen) atoms. The first kappa shape index (κ1) is 8.86. The van der Waals surface area contributed by atoms with Gasteiger partial charge in [0.2, 0.25) is 0 Å². The Morgan fingerprint density at radius 3 is 1.80 bits per heavy atom. The number of rotatable bonds is 0. The van der Waals surface area contributed by atoms with E-state index in [0.29, 0.717) is 0 Å². The summed E-state index contributed by atoms with van der Waals surface area (Å²) in [6.45, 7) is 0. The van der Waals surface area contributed by atoms with Gasteiger partial charge in [-0.05, 0) is 0 Å². The molecule has 0 radical (unpaired) electrons. The van der Waals surface area contributed by atoms with Crippen LogP contribution in [0.25, 0.3) is 5.53 Å². The Kier molecular flexibility index (Phi) is 410. The lowest BCUT2D eigenvalue weighted by atomic mass is 11.8. The molecule has 1 N–H and O–H groups in total. The number of hydrogen-bond acceptors (Lipinski definition) is 2. The molecule has 0 saturated carbocycles. The number of aliphatic hydroxyl groups is 1. The van der Waals surface area contributed by atoms with Gasteiger partial charge >= 0.3 is 0 Å². The predicted octanol–water partition coefficient (Wildman–Crippen LogP) is -0.550. The van der Waals surface area contributed by atoms with Crippen LogP contribution in [0, 0.1) is 4.91 Å². The van der Waals surface area contributed by atoms with Gasteiger partial charge in [-0.1, -0.05) is 0 Å². The van der Waals surface area contributed by atoms with Gasteiger partial charge in [0, 0.05) is 7.11 Å². The zero-order valence-corrected chi connectivity index (χ0v) is 2.75. The molecule has 0 rings (SSSR count). The summed E-state index contributed by atoms with van der Waals surface area (Å²) in [5.74, 6) is 0. The summed E-state index contributed by atoms with van der Waals surface area (Å²) < 4.78 is 0. The molecule has 0 spiro atoms. The van der Waals surface area contributed by atoms with Crippen molar-refractivity contribution < 1.29 is 5.11 Å². The summed E-state index contributed by atoms with van der Waals surface area (Å²) in [6, 6.07) is 0. The largest absolute Gasteiger partial charge is 0.400 e. The van der Waals surface area contributed by atoms with Crippen molar-refractivity contribution in [3.8, 4) is 0 Å². The highest BCUT2D eigenvalue weighted by Gasteiger charge is 1.06. The van der Waals surface area contributed by atoms with Gasteiger partial charge in [-0.25, -0.2) is 0 Å². The van der Waals surface area contributed by atoms with Gasteiger partial charge in [0.05, 0.1) is 0 Å². The highest BCUT2D eigenvalue weighted by Crippen LogP contribution is 0.905. The maximum absolute atomic E-state index is 8.11. The number of aliphatic hydroxyl groups excluding tert-OH is 1. The first-order chi connectivity index (χ1) is 2.41. The highest BCUT2D eigenvalue weighted by molar-refractivity contribution is 3.92. The van der Waals surface area contributed by atoms with Crippen LogP contribution in [0.15, 0.2) is 0 Å². The lowest BCUT2D eigenvalue weighted by Crippen LogP contribution is -1.25. The molecule has 4 heteroatoms. The van der Waals surface area contributed by atoms with Crippen LogP contribution in [0.3, 0.4) is 0 Å². The van der Waals surface area contributed by atoms with Crippen LogP contribution >= 0.6 is 0 Å². The van der Waals surface area contributed by atoms with Gasteiger partial charge in [0.1, 0.15) is 4.97 Å². The van der Waals surface area contributed by atoms with Crippen LogP contribution in [0.1, 0.15) is 0 Å². The third-order valence-electron chi connectivity index (χ3n) is 0. The van der Waals surface area contributed by atoms with E-state index in [-0.39, 0.29) is 0 Å². The molecule has 0 saturated heterocycles. The molecule has 4 nitrogen and oxygen atoms in total. The van der Waals surface area contributed by atoms with Crippen LogP contribution in [-0.4, -0.2) is 12.2 Å². The van der Waals surface area contributed by atoms with Crippen molar-refractivity contribution in [1.29, 1.82) is 0 Å². The Bertz CT molecular complexity index is 28.6. The number of hydrogen-bond donors (Lipinski definition) is 1. The lowest BCUT2D eigenvalue weighted by Gasteiger charge is -1.21. The van der Waals surface area contributed by atoms with E-state index >= 15 is 0 Å². The molecule has 0 aromatic heterocycles. The average molecular weight is 76.1 g/mol. The maximum atomic E-state index is 8.11. The molecule has 0 atom stereocenters. The monoisotopic (exact) mass is 76.0 g/mol. The van der Waals surface area contributed by atoms with E-state index in [9.17, 15) is 0 Å². The Hall–Kier alpha value is -0.730. The Morgan fingerprint density at radius 2 is 1.80 bits per heavy atom. The van der Waals surface area contributed by atoms with E-state index in [2.05, 4.69) is 0 Å². The fourth-order valence-electron chi connectivity index (χ4n) is 0. The minimum Gasteiger partial charge on any atom is -0.400 e. The molecule has 30 valence electrons. The second-order valence-corrected chi connectivity index (χ2v) is 0.0816. The lowest BCUT2D eigenvalue weighted by molar-refractivity contribution is 0.399. The van der Waals surface area contributed by atoms with Crippen LogP contribution in [-0.2, 0) is 0 Å². The van der Waals surface area contributed by atoms with Crippen LogP contribution in [0.5, 0.6) is 0 Å². The maximum Gasteiger partial charge on any atom is 0.151 e. The Balaban J connectivity index is 0. The van der Waals surface area contributed by atoms with Gasteiger partial charge in [0.25, 0.3) is 0 Å². The molecule has 0 fully saturated rings. The zero-order chi connectivity index (χ0) is 4.71. The average Bonchev–Trinajstić information content (AvgIpc) is 1.46. The highest BCUT2D eigenvalue weighted by atomic mass is 16.2. The van der Waals surface area contributed by atoms with E-state index in [0.717, 1.165) is 7.11 Å². The van der Waals surface area contributed by atoms with Gasteiger partial charge in [0.15, 0.2) is 4.91 Å². The van der Waals surface area contributed by atoms with Gasteiger partial charge < -0.3 is 5.11 Å². The first-order valence-corrected chi connectivity index (χ1v) is 0.830. The van der Waals surface area contributed by atoms with Gasteiger partial charge in [-0.3, -0.25) is 5.53 Å². The number of nitrogens with zero attached hydrogens (tertiary/aromatic N) is 2. The fraction of sp³-hybridized carbons (Fsp3) is 1.00. The van der Waals surface area contributed by atoms with Crippen molar-refractivity contribution in [2.45, 2.75) is 0 Å². The Labute approximate surface area is 28.9 Å². The summed E-state index contributed by atoms with van der Waals surface area (Å²) in [6.07, 6.45) is 0.